The number of ketones is 1. The van der Waals surface area contributed by atoms with E-state index in [4.69, 9.17) is 4.74 Å². The number of para-hydroxylation sites is 1. The van der Waals surface area contributed by atoms with Crippen LogP contribution in [0.5, 0.6) is 0 Å². The highest BCUT2D eigenvalue weighted by molar-refractivity contribution is 6.40. The summed E-state index contributed by atoms with van der Waals surface area (Å²) in [5, 5.41) is 0. The summed E-state index contributed by atoms with van der Waals surface area (Å²) in [5.74, 6) is -1.43. The molecule has 0 heterocycles. The van der Waals surface area contributed by atoms with Gasteiger partial charge in [0.15, 0.2) is 0 Å². The number of Topliss-reactive ketones (excluding diaryl/α,β-unsaturated/α-hetero) is 1. The van der Waals surface area contributed by atoms with E-state index in [0.717, 1.165) is 5.69 Å². The van der Waals surface area contributed by atoms with Crippen molar-refractivity contribution >= 4 is 17.4 Å². The van der Waals surface area contributed by atoms with E-state index < -0.39 is 11.8 Å². The van der Waals surface area contributed by atoms with Crippen molar-refractivity contribution in [1.82, 2.24) is 0 Å². The van der Waals surface area contributed by atoms with Crippen molar-refractivity contribution in [1.29, 1.82) is 0 Å². The molecule has 0 fully saturated rings. The highest BCUT2D eigenvalue weighted by atomic mass is 16.5. The third kappa shape index (κ3) is 4.18. The molecule has 0 radical (unpaired) electrons. The maximum Gasteiger partial charge on any atom is 0.379 e. The van der Waals surface area contributed by atoms with E-state index in [9.17, 15) is 9.59 Å². The summed E-state index contributed by atoms with van der Waals surface area (Å²) in [5.41, 5.74) is 1.38. The number of carbonyl (C=O) groups is 2. The van der Waals surface area contributed by atoms with Crippen molar-refractivity contribution in [3.63, 3.8) is 0 Å². The Bertz CT molecular complexity index is 596. The summed E-state index contributed by atoms with van der Waals surface area (Å²) < 4.78 is 5.02. The summed E-state index contributed by atoms with van der Waals surface area (Å²) >= 11 is 0. The zero-order valence-electron chi connectivity index (χ0n) is 11.9. The molecule has 0 spiro atoms. The van der Waals surface area contributed by atoms with Crippen LogP contribution < -0.4 is 4.90 Å². The summed E-state index contributed by atoms with van der Waals surface area (Å²) in [6.45, 7) is 0.695. The Kier molecular flexibility index (Phi) is 5.10. The van der Waals surface area contributed by atoms with Crippen LogP contribution in [0.15, 0.2) is 60.7 Å². The number of rotatable bonds is 6. The molecule has 21 heavy (non-hydrogen) atoms. The number of nitrogens with zero attached hydrogens (tertiary/aromatic N) is 1. The topological polar surface area (TPSA) is 46.6 Å². The molecule has 0 saturated carbocycles. The van der Waals surface area contributed by atoms with Gasteiger partial charge in [0.1, 0.15) is 6.61 Å². The lowest BCUT2D eigenvalue weighted by Gasteiger charge is -2.18. The van der Waals surface area contributed by atoms with E-state index >= 15 is 0 Å². The van der Waals surface area contributed by atoms with Gasteiger partial charge in [-0.1, -0.05) is 48.5 Å². The second-order valence-corrected chi connectivity index (χ2v) is 4.59. The standard InChI is InChI=1S/C17H17NO3/c1-18(15-10-6-3-7-11-15)12-13-21-17(20)16(19)14-8-4-2-5-9-14/h2-11H,12-13H2,1H3. The van der Waals surface area contributed by atoms with Crippen molar-refractivity contribution in [2.75, 3.05) is 25.1 Å². The number of ether oxygens (including phenoxy) is 1. The summed E-state index contributed by atoms with van der Waals surface area (Å²) in [7, 11) is 1.90. The Morgan fingerprint density at radius 2 is 1.52 bits per heavy atom. The minimum absolute atomic E-state index is 0.169. The number of anilines is 1. The van der Waals surface area contributed by atoms with Crippen LogP contribution in [0.3, 0.4) is 0 Å². The molecule has 0 amide bonds. The lowest BCUT2D eigenvalue weighted by molar-refractivity contribution is -0.137. The fraction of sp³-hybridized carbons (Fsp3) is 0.176. The van der Waals surface area contributed by atoms with Crippen LogP contribution in [-0.4, -0.2) is 32.0 Å². The van der Waals surface area contributed by atoms with Crippen LogP contribution in [-0.2, 0) is 9.53 Å². The van der Waals surface area contributed by atoms with Crippen molar-refractivity contribution in [2.24, 2.45) is 0 Å². The normalized spacial score (nSPS) is 9.95. The number of benzene rings is 2. The van der Waals surface area contributed by atoms with E-state index in [1.165, 1.54) is 0 Å². The molecule has 0 aliphatic rings. The Morgan fingerprint density at radius 3 is 2.14 bits per heavy atom. The molecular formula is C17H17NO3. The van der Waals surface area contributed by atoms with Crippen LogP contribution in [0.1, 0.15) is 10.4 Å². The molecule has 0 atom stereocenters. The zero-order chi connectivity index (χ0) is 15.1. The molecule has 2 aromatic rings. The number of likely N-dealkylation sites (N-methyl/N-ethyl adjacent to an activating group) is 1. The molecule has 2 aromatic carbocycles. The minimum Gasteiger partial charge on any atom is -0.458 e. The van der Waals surface area contributed by atoms with Gasteiger partial charge < -0.3 is 9.64 Å². The number of hydrogen-bond acceptors (Lipinski definition) is 4. The number of hydrogen-bond donors (Lipinski definition) is 0. The molecule has 0 N–H and O–H groups in total. The van der Waals surface area contributed by atoms with Crippen LogP contribution in [0.4, 0.5) is 5.69 Å². The third-order valence-corrected chi connectivity index (χ3v) is 3.08. The first-order valence-electron chi connectivity index (χ1n) is 6.71. The molecule has 4 heteroatoms. The van der Waals surface area contributed by atoms with Gasteiger partial charge in [-0.05, 0) is 12.1 Å². The Morgan fingerprint density at radius 1 is 0.952 bits per heavy atom. The van der Waals surface area contributed by atoms with Gasteiger partial charge in [-0.3, -0.25) is 4.79 Å². The number of carbonyl (C=O) groups excluding carboxylic acids is 2. The highest BCUT2D eigenvalue weighted by Crippen LogP contribution is 2.10. The van der Waals surface area contributed by atoms with E-state index in [0.29, 0.717) is 12.1 Å². The van der Waals surface area contributed by atoms with Gasteiger partial charge in [-0.25, -0.2) is 4.79 Å². The van der Waals surface area contributed by atoms with Crippen molar-refractivity contribution in [3.8, 4) is 0 Å². The predicted octanol–water partition coefficient (Wildman–Crippen LogP) is 2.55. The first-order chi connectivity index (χ1) is 10.2. The van der Waals surface area contributed by atoms with Crippen molar-refractivity contribution in [3.05, 3.63) is 66.2 Å². The quantitative estimate of drug-likeness (QED) is 0.464. The summed E-state index contributed by atoms with van der Waals surface area (Å²) in [6.07, 6.45) is 0. The molecule has 0 unspecified atom stereocenters. The second-order valence-electron chi connectivity index (χ2n) is 4.59. The highest BCUT2D eigenvalue weighted by Gasteiger charge is 2.17. The fourth-order valence-electron chi connectivity index (χ4n) is 1.86. The van der Waals surface area contributed by atoms with Crippen LogP contribution in [0.25, 0.3) is 0 Å². The smallest absolute Gasteiger partial charge is 0.379 e. The molecule has 4 nitrogen and oxygen atoms in total. The molecule has 0 saturated heterocycles. The molecular weight excluding hydrogens is 266 g/mol. The first-order valence-corrected chi connectivity index (χ1v) is 6.71. The van der Waals surface area contributed by atoms with E-state index in [1.54, 1.807) is 30.3 Å². The second kappa shape index (κ2) is 7.24. The Hall–Kier alpha value is -2.62. The molecule has 108 valence electrons. The summed E-state index contributed by atoms with van der Waals surface area (Å²) in [6, 6.07) is 18.2. The lowest BCUT2D eigenvalue weighted by atomic mass is 10.1. The monoisotopic (exact) mass is 283 g/mol. The van der Waals surface area contributed by atoms with E-state index in [1.807, 2.05) is 42.3 Å². The van der Waals surface area contributed by atoms with Gasteiger partial charge in [0.25, 0.3) is 5.78 Å². The Balaban J connectivity index is 1.81. The fourth-order valence-corrected chi connectivity index (χ4v) is 1.86. The summed E-state index contributed by atoms with van der Waals surface area (Å²) in [4.78, 5) is 25.4. The molecule has 0 aliphatic heterocycles. The molecule has 0 aliphatic carbocycles. The maximum absolute atomic E-state index is 11.8. The van der Waals surface area contributed by atoms with Crippen molar-refractivity contribution in [2.45, 2.75) is 0 Å². The average molecular weight is 283 g/mol. The van der Waals surface area contributed by atoms with Gasteiger partial charge in [-0.15, -0.1) is 0 Å². The van der Waals surface area contributed by atoms with E-state index in [2.05, 4.69) is 0 Å². The van der Waals surface area contributed by atoms with Crippen LogP contribution in [0.2, 0.25) is 0 Å². The minimum atomic E-state index is -0.817. The molecule has 0 aromatic heterocycles. The van der Waals surface area contributed by atoms with Crippen LogP contribution >= 0.6 is 0 Å². The molecule has 2 rings (SSSR count). The number of esters is 1. The Labute approximate surface area is 124 Å². The maximum atomic E-state index is 11.8. The predicted molar refractivity (Wildman–Crippen MR) is 81.4 cm³/mol. The zero-order valence-corrected chi connectivity index (χ0v) is 11.9. The van der Waals surface area contributed by atoms with Gasteiger partial charge in [0.05, 0.1) is 6.54 Å². The largest absolute Gasteiger partial charge is 0.458 e. The van der Waals surface area contributed by atoms with Gasteiger partial charge in [-0.2, -0.15) is 0 Å². The lowest BCUT2D eigenvalue weighted by Crippen LogP contribution is -2.26. The molecule has 0 bridgehead atoms. The first kappa shape index (κ1) is 14.8. The average Bonchev–Trinajstić information content (AvgIpc) is 2.55. The van der Waals surface area contributed by atoms with E-state index in [-0.39, 0.29) is 6.61 Å². The van der Waals surface area contributed by atoms with Gasteiger partial charge in [0, 0.05) is 18.3 Å². The van der Waals surface area contributed by atoms with Crippen LogP contribution in [0, 0.1) is 0 Å². The van der Waals surface area contributed by atoms with Gasteiger partial charge >= 0.3 is 5.97 Å². The third-order valence-electron chi connectivity index (χ3n) is 3.08. The van der Waals surface area contributed by atoms with Gasteiger partial charge in [0.2, 0.25) is 0 Å². The van der Waals surface area contributed by atoms with Crippen molar-refractivity contribution < 1.29 is 14.3 Å². The SMILES string of the molecule is CN(CCOC(=O)C(=O)c1ccccc1)c1ccccc1.